The van der Waals surface area contributed by atoms with Crippen LogP contribution in [0.3, 0.4) is 0 Å². The smallest absolute Gasteiger partial charge is 0.192 e. The molecule has 0 amide bonds. The predicted molar refractivity (Wildman–Crippen MR) is 54.4 cm³/mol. The molecule has 0 aromatic carbocycles. The summed E-state index contributed by atoms with van der Waals surface area (Å²) in [6.45, 7) is 0. The largest absolute Gasteiger partial charge is 0.289 e. The average Bonchev–Trinajstić information content (AvgIpc) is 2.12. The summed E-state index contributed by atoms with van der Waals surface area (Å²) in [6.07, 6.45) is 8.93. The summed E-state index contributed by atoms with van der Waals surface area (Å²) >= 11 is 0. The maximum atomic E-state index is 10.3. The maximum absolute atomic E-state index is 10.3. The first-order valence-corrected chi connectivity index (χ1v) is 5.76. The summed E-state index contributed by atoms with van der Waals surface area (Å²) in [7, 11) is 0. The fourth-order valence-electron chi connectivity index (χ4n) is 4.45. The molecule has 4 fully saturated rings. The molecular weight excluding hydrogens is 172 g/mol. The van der Waals surface area contributed by atoms with Crippen LogP contribution in [0, 0.1) is 35.0 Å². The van der Waals surface area contributed by atoms with Gasteiger partial charge in [0.1, 0.15) is 0 Å². The third-order valence-electron chi connectivity index (χ3n) is 4.43. The zero-order chi connectivity index (χ0) is 9.60. The van der Waals surface area contributed by atoms with Gasteiger partial charge in [-0.2, -0.15) is 0 Å². The van der Waals surface area contributed by atoms with Gasteiger partial charge < -0.3 is 0 Å². The van der Waals surface area contributed by atoms with Crippen molar-refractivity contribution in [3.63, 3.8) is 0 Å². The lowest BCUT2D eigenvalue weighted by molar-refractivity contribution is -0.103. The summed E-state index contributed by atoms with van der Waals surface area (Å²) in [5.41, 5.74) is 0.260. The Kier molecular flexibility index (Phi) is 1.74. The Bertz CT molecular complexity index is 283. The first-order chi connectivity index (χ1) is 6.80. The van der Waals surface area contributed by atoms with Gasteiger partial charge >= 0.3 is 0 Å². The Morgan fingerprint density at radius 2 is 1.50 bits per heavy atom. The molecular formula is C13H16O. The van der Waals surface area contributed by atoms with Gasteiger partial charge in [0.25, 0.3) is 0 Å². The molecule has 14 heavy (non-hydrogen) atoms. The zero-order valence-corrected chi connectivity index (χ0v) is 8.46. The van der Waals surface area contributed by atoms with Crippen LogP contribution >= 0.6 is 0 Å². The summed E-state index contributed by atoms with van der Waals surface area (Å²) in [6, 6.07) is 0. The van der Waals surface area contributed by atoms with E-state index in [9.17, 15) is 4.79 Å². The Hall–Kier alpha value is -0.770. The van der Waals surface area contributed by atoms with E-state index in [1.807, 2.05) is 0 Å². The lowest BCUT2D eigenvalue weighted by Crippen LogP contribution is -2.45. The monoisotopic (exact) mass is 188 g/mol. The second-order valence-corrected chi connectivity index (χ2v) is 5.59. The lowest BCUT2D eigenvalue weighted by atomic mass is 9.50. The van der Waals surface area contributed by atoms with Crippen LogP contribution in [0.5, 0.6) is 0 Å². The molecule has 4 aliphatic rings. The van der Waals surface area contributed by atoms with Gasteiger partial charge in [-0.15, -0.1) is 0 Å². The van der Waals surface area contributed by atoms with Gasteiger partial charge in [-0.25, -0.2) is 0 Å². The molecule has 1 heteroatoms. The molecule has 0 aliphatic heterocycles. The number of hydrogen-bond acceptors (Lipinski definition) is 1. The molecule has 0 aromatic rings. The highest BCUT2D eigenvalue weighted by Crippen LogP contribution is 2.59. The van der Waals surface area contributed by atoms with Crippen LogP contribution < -0.4 is 0 Å². The quantitative estimate of drug-likeness (QED) is 0.421. The number of rotatable bonds is 0. The van der Waals surface area contributed by atoms with Gasteiger partial charge in [-0.1, -0.05) is 5.92 Å². The van der Waals surface area contributed by atoms with Crippen LogP contribution in [0.25, 0.3) is 0 Å². The fraction of sp³-hybridized carbons (Fsp3) is 0.769. The molecule has 0 spiro atoms. The van der Waals surface area contributed by atoms with Crippen LogP contribution in [-0.2, 0) is 4.79 Å². The molecule has 4 rings (SSSR count). The van der Waals surface area contributed by atoms with Crippen molar-refractivity contribution in [3.05, 3.63) is 0 Å². The van der Waals surface area contributed by atoms with Gasteiger partial charge in [0.2, 0.25) is 0 Å². The zero-order valence-electron chi connectivity index (χ0n) is 8.46. The maximum Gasteiger partial charge on any atom is 0.192 e. The minimum atomic E-state index is 0.260. The van der Waals surface area contributed by atoms with E-state index in [4.69, 9.17) is 0 Å². The molecule has 74 valence electrons. The van der Waals surface area contributed by atoms with E-state index in [2.05, 4.69) is 11.8 Å². The molecule has 4 bridgehead atoms. The Morgan fingerprint density at radius 1 is 1.00 bits per heavy atom. The normalized spacial score (nSPS) is 48.4. The minimum absolute atomic E-state index is 0.260. The highest BCUT2D eigenvalue weighted by Gasteiger charge is 2.50. The third-order valence-corrected chi connectivity index (χ3v) is 4.43. The standard InChI is InChI=1S/C13H16O/c14-3-1-2-13-7-10-4-11(8-13)6-12(5-10)9-13/h3,10-12H,4-9H2. The lowest BCUT2D eigenvalue weighted by Gasteiger charge is -2.54. The van der Waals surface area contributed by atoms with Crippen LogP contribution in [0.2, 0.25) is 0 Å². The SMILES string of the molecule is O=CC#CC12CC3CC(CC(C3)C1)C2. The van der Waals surface area contributed by atoms with Crippen molar-refractivity contribution in [1.29, 1.82) is 0 Å². The number of carbonyl (C=O) groups is 1. The van der Waals surface area contributed by atoms with Crippen molar-refractivity contribution in [2.75, 3.05) is 0 Å². The predicted octanol–water partition coefficient (Wildman–Crippen LogP) is 2.41. The van der Waals surface area contributed by atoms with Crippen LogP contribution in [0.15, 0.2) is 0 Å². The molecule has 4 saturated carbocycles. The van der Waals surface area contributed by atoms with Gasteiger partial charge in [0.05, 0.1) is 0 Å². The summed E-state index contributed by atoms with van der Waals surface area (Å²) < 4.78 is 0. The molecule has 1 nitrogen and oxygen atoms in total. The van der Waals surface area contributed by atoms with Crippen molar-refractivity contribution in [1.82, 2.24) is 0 Å². The van der Waals surface area contributed by atoms with Gasteiger partial charge in [-0.05, 0) is 62.2 Å². The Labute approximate surface area is 85.3 Å². The molecule has 0 N–H and O–H groups in total. The third kappa shape index (κ3) is 1.21. The highest BCUT2D eigenvalue weighted by atomic mass is 16.1. The average molecular weight is 188 g/mol. The Balaban J connectivity index is 1.90. The molecule has 4 aliphatic carbocycles. The van der Waals surface area contributed by atoms with E-state index in [1.165, 1.54) is 38.5 Å². The second kappa shape index (κ2) is 2.86. The van der Waals surface area contributed by atoms with Crippen LogP contribution in [0.4, 0.5) is 0 Å². The Morgan fingerprint density at radius 3 is 1.93 bits per heavy atom. The topological polar surface area (TPSA) is 17.1 Å². The van der Waals surface area contributed by atoms with Gasteiger partial charge in [0.15, 0.2) is 6.29 Å². The molecule has 0 atom stereocenters. The summed E-state index contributed by atoms with van der Waals surface area (Å²) in [5.74, 6) is 8.73. The van der Waals surface area contributed by atoms with Gasteiger partial charge in [-0.3, -0.25) is 4.79 Å². The molecule has 0 unspecified atom stereocenters. The van der Waals surface area contributed by atoms with E-state index in [0.717, 1.165) is 24.0 Å². The molecule has 0 heterocycles. The summed E-state index contributed by atoms with van der Waals surface area (Å²) in [5, 5.41) is 0. The van der Waals surface area contributed by atoms with Crippen molar-refractivity contribution in [3.8, 4) is 11.8 Å². The van der Waals surface area contributed by atoms with Crippen molar-refractivity contribution in [2.45, 2.75) is 38.5 Å². The fourth-order valence-corrected chi connectivity index (χ4v) is 4.45. The summed E-state index contributed by atoms with van der Waals surface area (Å²) in [4.78, 5) is 10.3. The number of aldehydes is 1. The molecule has 0 radical (unpaired) electrons. The first kappa shape index (κ1) is 8.53. The van der Waals surface area contributed by atoms with Crippen LogP contribution in [0.1, 0.15) is 38.5 Å². The minimum Gasteiger partial charge on any atom is -0.289 e. The van der Waals surface area contributed by atoms with E-state index in [-0.39, 0.29) is 5.41 Å². The number of hydrogen-bond donors (Lipinski definition) is 0. The van der Waals surface area contributed by atoms with E-state index >= 15 is 0 Å². The van der Waals surface area contributed by atoms with E-state index in [1.54, 1.807) is 0 Å². The molecule has 0 aromatic heterocycles. The van der Waals surface area contributed by atoms with E-state index < -0.39 is 0 Å². The van der Waals surface area contributed by atoms with Crippen molar-refractivity contribution >= 4 is 6.29 Å². The van der Waals surface area contributed by atoms with Gasteiger partial charge in [0, 0.05) is 5.41 Å². The first-order valence-electron chi connectivity index (χ1n) is 5.76. The number of carbonyl (C=O) groups excluding carboxylic acids is 1. The van der Waals surface area contributed by atoms with Crippen molar-refractivity contribution in [2.24, 2.45) is 23.2 Å². The van der Waals surface area contributed by atoms with Crippen molar-refractivity contribution < 1.29 is 4.79 Å². The molecule has 0 saturated heterocycles. The highest BCUT2D eigenvalue weighted by molar-refractivity contribution is 5.72. The second-order valence-electron chi connectivity index (χ2n) is 5.59. The van der Waals surface area contributed by atoms with E-state index in [0.29, 0.717) is 0 Å². The van der Waals surface area contributed by atoms with Crippen LogP contribution in [-0.4, -0.2) is 6.29 Å².